The Morgan fingerprint density at radius 3 is 2.57 bits per heavy atom. The van der Waals surface area contributed by atoms with Crippen molar-refractivity contribution in [3.05, 3.63) is 23.7 Å². The minimum Gasteiger partial charge on any atom is -0.481 e. The molecule has 2 amide bonds. The van der Waals surface area contributed by atoms with Crippen molar-refractivity contribution in [1.82, 2.24) is 10.6 Å². The molecule has 0 bridgehead atoms. The fourth-order valence-corrected chi connectivity index (χ4v) is 2.77. The average Bonchev–Trinajstić information content (AvgIpc) is 3.06. The molecule has 0 aromatic carbocycles. The van der Waals surface area contributed by atoms with Crippen LogP contribution in [0.5, 0.6) is 0 Å². The van der Waals surface area contributed by atoms with Crippen LogP contribution in [0, 0.1) is 12.3 Å². The van der Waals surface area contributed by atoms with Gasteiger partial charge in [-0.2, -0.15) is 0 Å². The summed E-state index contributed by atoms with van der Waals surface area (Å²) < 4.78 is 5.45. The van der Waals surface area contributed by atoms with Crippen LogP contribution in [0.2, 0.25) is 0 Å². The van der Waals surface area contributed by atoms with Gasteiger partial charge in [-0.3, -0.25) is 4.79 Å². The Labute approximate surface area is 123 Å². The molecule has 2 rings (SSSR count). The molecule has 1 aromatic rings. The summed E-state index contributed by atoms with van der Waals surface area (Å²) in [6, 6.07) is 3.02. The van der Waals surface area contributed by atoms with Gasteiger partial charge < -0.3 is 20.2 Å². The first kappa shape index (κ1) is 15.4. The number of hydrogen-bond donors (Lipinski definition) is 3. The number of carbonyl (C=O) groups excluding carboxylic acids is 1. The van der Waals surface area contributed by atoms with Gasteiger partial charge in [-0.15, -0.1) is 0 Å². The van der Waals surface area contributed by atoms with E-state index in [0.717, 1.165) is 18.6 Å². The van der Waals surface area contributed by atoms with Crippen molar-refractivity contribution in [3.8, 4) is 0 Å². The highest BCUT2D eigenvalue weighted by molar-refractivity contribution is 5.78. The molecule has 1 aliphatic carbocycles. The summed E-state index contributed by atoms with van der Waals surface area (Å²) in [5.41, 5.74) is -0.804. The van der Waals surface area contributed by atoms with E-state index in [1.54, 1.807) is 0 Å². The van der Waals surface area contributed by atoms with Crippen molar-refractivity contribution in [2.45, 2.75) is 45.6 Å². The Balaban J connectivity index is 1.85. The third kappa shape index (κ3) is 3.56. The first-order valence-corrected chi connectivity index (χ1v) is 7.27. The number of urea groups is 1. The molecule has 21 heavy (non-hydrogen) atoms. The number of furan rings is 1. The second-order valence-electron chi connectivity index (χ2n) is 5.79. The van der Waals surface area contributed by atoms with Crippen LogP contribution in [0.25, 0.3) is 0 Å². The zero-order valence-electron chi connectivity index (χ0n) is 12.4. The van der Waals surface area contributed by atoms with E-state index in [1.165, 1.54) is 0 Å². The summed E-state index contributed by atoms with van der Waals surface area (Å²) >= 11 is 0. The van der Waals surface area contributed by atoms with Gasteiger partial charge in [-0.1, -0.05) is 12.8 Å². The number of nitrogens with one attached hydrogen (secondary N) is 2. The van der Waals surface area contributed by atoms with Crippen molar-refractivity contribution < 1.29 is 19.1 Å². The highest BCUT2D eigenvalue weighted by Crippen LogP contribution is 2.37. The molecule has 1 atom stereocenters. The summed E-state index contributed by atoms with van der Waals surface area (Å²) in [6.07, 6.45) is 3.04. The van der Waals surface area contributed by atoms with Crippen molar-refractivity contribution >= 4 is 12.0 Å². The van der Waals surface area contributed by atoms with Crippen LogP contribution in [0.15, 0.2) is 16.5 Å². The van der Waals surface area contributed by atoms with Gasteiger partial charge in [-0.25, -0.2) is 4.79 Å². The van der Waals surface area contributed by atoms with Crippen LogP contribution in [0.1, 0.15) is 50.2 Å². The molecule has 6 nitrogen and oxygen atoms in total. The Morgan fingerprint density at radius 2 is 2.05 bits per heavy atom. The van der Waals surface area contributed by atoms with Crippen molar-refractivity contribution in [2.75, 3.05) is 6.54 Å². The Hall–Kier alpha value is -1.98. The van der Waals surface area contributed by atoms with Crippen LogP contribution in [-0.4, -0.2) is 23.7 Å². The maximum atomic E-state index is 11.9. The number of carbonyl (C=O) groups is 2. The molecule has 1 unspecified atom stereocenters. The lowest BCUT2D eigenvalue weighted by atomic mass is 9.86. The first-order chi connectivity index (χ1) is 9.93. The smallest absolute Gasteiger partial charge is 0.315 e. The fourth-order valence-electron chi connectivity index (χ4n) is 2.77. The lowest BCUT2D eigenvalue weighted by molar-refractivity contribution is -0.148. The molecule has 0 radical (unpaired) electrons. The SMILES string of the molecule is Cc1ccc(C(C)NC(=O)NCC2(C(=O)O)CCCC2)o1. The van der Waals surface area contributed by atoms with E-state index in [1.807, 2.05) is 26.0 Å². The number of rotatable bonds is 5. The number of carboxylic acid groups (broad SMARTS) is 1. The van der Waals surface area contributed by atoms with Crippen LogP contribution < -0.4 is 10.6 Å². The van der Waals surface area contributed by atoms with Gasteiger partial charge in [-0.05, 0) is 38.8 Å². The zero-order chi connectivity index (χ0) is 15.5. The van der Waals surface area contributed by atoms with Crippen molar-refractivity contribution in [1.29, 1.82) is 0 Å². The molecule has 1 aliphatic rings. The summed E-state index contributed by atoms with van der Waals surface area (Å²) in [7, 11) is 0. The minimum absolute atomic E-state index is 0.165. The second-order valence-corrected chi connectivity index (χ2v) is 5.79. The summed E-state index contributed by atoms with van der Waals surface area (Å²) in [5.74, 6) is 0.640. The van der Waals surface area contributed by atoms with E-state index < -0.39 is 11.4 Å². The molecule has 0 aliphatic heterocycles. The molecule has 1 saturated carbocycles. The van der Waals surface area contributed by atoms with Gasteiger partial charge in [0.2, 0.25) is 0 Å². The van der Waals surface area contributed by atoms with Crippen LogP contribution in [0.3, 0.4) is 0 Å². The van der Waals surface area contributed by atoms with E-state index in [0.29, 0.717) is 18.6 Å². The summed E-state index contributed by atoms with van der Waals surface area (Å²) in [4.78, 5) is 23.3. The predicted octanol–water partition coefficient (Wildman–Crippen LogP) is 2.59. The second kappa shape index (κ2) is 6.20. The molecule has 0 spiro atoms. The van der Waals surface area contributed by atoms with Gasteiger partial charge in [0.05, 0.1) is 11.5 Å². The van der Waals surface area contributed by atoms with E-state index in [-0.39, 0.29) is 18.6 Å². The molecule has 6 heteroatoms. The molecular formula is C15H22N2O4. The number of amides is 2. The lowest BCUT2D eigenvalue weighted by Crippen LogP contribution is -2.45. The van der Waals surface area contributed by atoms with Crippen LogP contribution in [0.4, 0.5) is 4.79 Å². The Kier molecular flexibility index (Phi) is 4.55. The normalized spacial score (nSPS) is 18.2. The number of hydrogen-bond acceptors (Lipinski definition) is 3. The zero-order valence-corrected chi connectivity index (χ0v) is 12.4. The summed E-state index contributed by atoms with van der Waals surface area (Å²) in [5, 5.41) is 14.8. The molecular weight excluding hydrogens is 272 g/mol. The third-order valence-electron chi connectivity index (χ3n) is 4.14. The maximum Gasteiger partial charge on any atom is 0.315 e. The largest absolute Gasteiger partial charge is 0.481 e. The molecule has 116 valence electrons. The topological polar surface area (TPSA) is 91.6 Å². The fraction of sp³-hybridized carbons (Fsp3) is 0.600. The average molecular weight is 294 g/mol. The van der Waals surface area contributed by atoms with E-state index in [9.17, 15) is 14.7 Å². The van der Waals surface area contributed by atoms with Crippen molar-refractivity contribution in [3.63, 3.8) is 0 Å². The Bertz CT molecular complexity index is 517. The quantitative estimate of drug-likeness (QED) is 0.778. The van der Waals surface area contributed by atoms with Gasteiger partial charge in [0.25, 0.3) is 0 Å². The number of aliphatic carboxylic acids is 1. The lowest BCUT2D eigenvalue weighted by Gasteiger charge is -2.24. The van der Waals surface area contributed by atoms with Gasteiger partial charge >= 0.3 is 12.0 Å². The van der Waals surface area contributed by atoms with E-state index in [4.69, 9.17) is 4.42 Å². The Morgan fingerprint density at radius 1 is 1.38 bits per heavy atom. The molecule has 0 saturated heterocycles. The van der Waals surface area contributed by atoms with Crippen LogP contribution in [-0.2, 0) is 4.79 Å². The van der Waals surface area contributed by atoms with Gasteiger partial charge in [0, 0.05) is 6.54 Å². The first-order valence-electron chi connectivity index (χ1n) is 7.27. The molecule has 1 heterocycles. The van der Waals surface area contributed by atoms with Crippen LogP contribution >= 0.6 is 0 Å². The molecule has 1 fully saturated rings. The monoisotopic (exact) mass is 294 g/mol. The van der Waals surface area contributed by atoms with Gasteiger partial charge in [0.15, 0.2) is 0 Å². The highest BCUT2D eigenvalue weighted by Gasteiger charge is 2.41. The summed E-state index contributed by atoms with van der Waals surface area (Å²) in [6.45, 7) is 3.82. The minimum atomic E-state index is -0.824. The maximum absolute atomic E-state index is 11.9. The number of aryl methyl sites for hydroxylation is 1. The third-order valence-corrected chi connectivity index (χ3v) is 4.14. The van der Waals surface area contributed by atoms with E-state index in [2.05, 4.69) is 10.6 Å². The predicted molar refractivity (Wildman–Crippen MR) is 76.9 cm³/mol. The van der Waals surface area contributed by atoms with E-state index >= 15 is 0 Å². The standard InChI is InChI=1S/C15H22N2O4/c1-10-5-6-12(21-10)11(2)17-14(20)16-9-15(13(18)19)7-3-4-8-15/h5-6,11H,3-4,7-9H2,1-2H3,(H,18,19)(H2,16,17,20). The molecule has 3 N–H and O–H groups in total. The van der Waals surface area contributed by atoms with Gasteiger partial charge in [0.1, 0.15) is 11.5 Å². The number of carboxylic acids is 1. The highest BCUT2D eigenvalue weighted by atomic mass is 16.4. The molecule has 1 aromatic heterocycles. The van der Waals surface area contributed by atoms with Crippen molar-refractivity contribution in [2.24, 2.45) is 5.41 Å².